The molecule has 0 aliphatic heterocycles. The highest BCUT2D eigenvalue weighted by molar-refractivity contribution is 5.19. The number of hydrogen-bond donors (Lipinski definition) is 1. The molecule has 1 N–H and O–H groups in total. The monoisotopic (exact) mass is 278 g/mol. The van der Waals surface area contributed by atoms with Crippen molar-refractivity contribution in [1.29, 1.82) is 0 Å². The van der Waals surface area contributed by atoms with Crippen LogP contribution in [0.4, 0.5) is 0 Å². The van der Waals surface area contributed by atoms with E-state index in [1.165, 1.54) is 0 Å². The Hall–Kier alpha value is -0.900. The third-order valence-electron chi connectivity index (χ3n) is 3.68. The van der Waals surface area contributed by atoms with E-state index in [-0.39, 0.29) is 5.41 Å². The number of nitrogens with zero attached hydrogens (tertiary/aromatic N) is 2. The summed E-state index contributed by atoms with van der Waals surface area (Å²) in [6, 6.07) is 9.94. The molecule has 0 heterocycles. The molecule has 0 fully saturated rings. The van der Waals surface area contributed by atoms with Crippen molar-refractivity contribution in [2.24, 2.45) is 5.41 Å². The van der Waals surface area contributed by atoms with Crippen LogP contribution in [0.3, 0.4) is 0 Å². The molecule has 3 nitrogen and oxygen atoms in total. The molecule has 3 heteroatoms. The highest BCUT2D eigenvalue weighted by Crippen LogP contribution is 2.33. The van der Waals surface area contributed by atoms with Crippen molar-refractivity contribution >= 4 is 0 Å². The van der Waals surface area contributed by atoms with Crippen LogP contribution in [0.2, 0.25) is 0 Å². The quantitative estimate of drug-likeness (QED) is 0.792. The van der Waals surface area contributed by atoms with E-state index in [2.05, 4.69) is 44.8 Å². The van der Waals surface area contributed by atoms with Gasteiger partial charge >= 0.3 is 0 Å². The normalized spacial score (nSPS) is 14.0. The first-order valence-electron chi connectivity index (χ1n) is 7.39. The topological polar surface area (TPSA) is 26.7 Å². The van der Waals surface area contributed by atoms with Crippen LogP contribution in [0.5, 0.6) is 0 Å². The average Bonchev–Trinajstić information content (AvgIpc) is 2.37. The van der Waals surface area contributed by atoms with Gasteiger partial charge in [0.1, 0.15) is 0 Å². The first-order chi connectivity index (χ1) is 9.33. The van der Waals surface area contributed by atoms with Crippen LogP contribution in [0, 0.1) is 5.41 Å². The minimum absolute atomic E-state index is 0.159. The molecule has 0 saturated heterocycles. The van der Waals surface area contributed by atoms with E-state index >= 15 is 0 Å². The van der Waals surface area contributed by atoms with E-state index < -0.39 is 6.10 Å². The van der Waals surface area contributed by atoms with Crippen LogP contribution < -0.4 is 0 Å². The van der Waals surface area contributed by atoms with Gasteiger partial charge in [0.15, 0.2) is 0 Å². The zero-order chi connectivity index (χ0) is 15.2. The second kappa shape index (κ2) is 7.77. The van der Waals surface area contributed by atoms with Crippen molar-refractivity contribution in [3.05, 3.63) is 35.9 Å². The Bertz CT molecular complexity index is 376. The molecule has 114 valence electrons. The van der Waals surface area contributed by atoms with E-state index in [0.717, 1.165) is 31.6 Å². The predicted molar refractivity (Wildman–Crippen MR) is 85.9 cm³/mol. The van der Waals surface area contributed by atoms with E-state index in [0.29, 0.717) is 0 Å². The van der Waals surface area contributed by atoms with Gasteiger partial charge in [-0.2, -0.15) is 0 Å². The van der Waals surface area contributed by atoms with Crippen molar-refractivity contribution in [3.8, 4) is 0 Å². The largest absolute Gasteiger partial charge is 0.388 e. The van der Waals surface area contributed by atoms with Gasteiger partial charge in [-0.1, -0.05) is 44.2 Å². The number of aliphatic hydroxyl groups is 1. The van der Waals surface area contributed by atoms with Crippen LogP contribution in [-0.2, 0) is 0 Å². The van der Waals surface area contributed by atoms with Crippen LogP contribution in [0.1, 0.15) is 31.9 Å². The summed E-state index contributed by atoms with van der Waals surface area (Å²) in [5.41, 5.74) is 0.841. The van der Waals surface area contributed by atoms with Crippen molar-refractivity contribution in [3.63, 3.8) is 0 Å². The van der Waals surface area contributed by atoms with Crippen molar-refractivity contribution < 1.29 is 5.11 Å². The Morgan fingerprint density at radius 3 is 2.20 bits per heavy atom. The van der Waals surface area contributed by atoms with Crippen molar-refractivity contribution in [1.82, 2.24) is 9.80 Å². The highest BCUT2D eigenvalue weighted by atomic mass is 16.3. The lowest BCUT2D eigenvalue weighted by atomic mass is 9.82. The van der Waals surface area contributed by atoms with E-state index in [1.807, 2.05) is 30.3 Å². The lowest BCUT2D eigenvalue weighted by molar-refractivity contribution is 0.0254. The van der Waals surface area contributed by atoms with Gasteiger partial charge in [0.2, 0.25) is 0 Å². The summed E-state index contributed by atoms with van der Waals surface area (Å²) >= 11 is 0. The number of benzene rings is 1. The molecule has 1 aromatic carbocycles. The first-order valence-corrected chi connectivity index (χ1v) is 7.39. The predicted octanol–water partition coefficient (Wildman–Crippen LogP) is 2.63. The third kappa shape index (κ3) is 5.61. The molecule has 0 bridgehead atoms. The molecule has 0 aliphatic carbocycles. The summed E-state index contributed by atoms with van der Waals surface area (Å²) < 4.78 is 0. The summed E-state index contributed by atoms with van der Waals surface area (Å²) in [6.07, 6.45) is 0.723. The number of hydrogen-bond acceptors (Lipinski definition) is 3. The maximum atomic E-state index is 10.6. The Morgan fingerprint density at radius 2 is 1.65 bits per heavy atom. The van der Waals surface area contributed by atoms with Crippen LogP contribution >= 0.6 is 0 Å². The summed E-state index contributed by atoms with van der Waals surface area (Å²) in [4.78, 5) is 4.52. The SMILES string of the molecule is CN(C)CCCN(C)CC(C)(C)C(O)c1ccccc1. The molecule has 0 saturated carbocycles. The number of aliphatic hydroxyl groups excluding tert-OH is 1. The van der Waals surface area contributed by atoms with Gasteiger partial charge in [-0.05, 0) is 46.2 Å². The van der Waals surface area contributed by atoms with Gasteiger partial charge in [-0.25, -0.2) is 0 Å². The molecule has 0 aromatic heterocycles. The van der Waals surface area contributed by atoms with Gasteiger partial charge < -0.3 is 14.9 Å². The highest BCUT2D eigenvalue weighted by Gasteiger charge is 2.30. The minimum Gasteiger partial charge on any atom is -0.388 e. The lowest BCUT2D eigenvalue weighted by Crippen LogP contribution is -2.37. The van der Waals surface area contributed by atoms with Crippen LogP contribution in [-0.4, -0.2) is 55.7 Å². The van der Waals surface area contributed by atoms with Crippen LogP contribution in [0.25, 0.3) is 0 Å². The average molecular weight is 278 g/mol. The molecular weight excluding hydrogens is 248 g/mol. The minimum atomic E-state index is -0.431. The molecule has 0 spiro atoms. The molecule has 1 rings (SSSR count). The molecule has 0 amide bonds. The first kappa shape index (κ1) is 17.2. The second-order valence-electron chi connectivity index (χ2n) is 6.70. The molecule has 20 heavy (non-hydrogen) atoms. The van der Waals surface area contributed by atoms with Gasteiger partial charge in [-0.15, -0.1) is 0 Å². The van der Waals surface area contributed by atoms with E-state index in [9.17, 15) is 5.11 Å². The lowest BCUT2D eigenvalue weighted by Gasteiger charge is -2.35. The molecule has 0 radical (unpaired) electrons. The maximum Gasteiger partial charge on any atom is 0.0853 e. The van der Waals surface area contributed by atoms with Crippen LogP contribution in [0.15, 0.2) is 30.3 Å². The summed E-state index contributed by atoms with van der Waals surface area (Å²) in [5, 5.41) is 10.6. The fourth-order valence-corrected chi connectivity index (χ4v) is 2.60. The Labute approximate surface area is 124 Å². The summed E-state index contributed by atoms with van der Waals surface area (Å²) in [6.45, 7) is 7.31. The van der Waals surface area contributed by atoms with Gasteiger partial charge in [0.05, 0.1) is 6.10 Å². The Morgan fingerprint density at radius 1 is 1.05 bits per heavy atom. The molecular formula is C17H30N2O. The Kier molecular flexibility index (Phi) is 6.66. The van der Waals surface area contributed by atoms with Gasteiger partial charge in [0.25, 0.3) is 0 Å². The number of rotatable bonds is 8. The zero-order valence-corrected chi connectivity index (χ0v) is 13.6. The van der Waals surface area contributed by atoms with Crippen molar-refractivity contribution in [2.75, 3.05) is 40.8 Å². The van der Waals surface area contributed by atoms with Gasteiger partial charge in [-0.3, -0.25) is 0 Å². The molecule has 1 unspecified atom stereocenters. The molecule has 1 aromatic rings. The van der Waals surface area contributed by atoms with E-state index in [4.69, 9.17) is 0 Å². The zero-order valence-electron chi connectivity index (χ0n) is 13.6. The summed E-state index contributed by atoms with van der Waals surface area (Å²) in [5.74, 6) is 0. The smallest absolute Gasteiger partial charge is 0.0853 e. The fraction of sp³-hybridized carbons (Fsp3) is 0.647. The Balaban J connectivity index is 2.51. The van der Waals surface area contributed by atoms with Crippen molar-refractivity contribution in [2.45, 2.75) is 26.4 Å². The molecule has 1 atom stereocenters. The third-order valence-corrected chi connectivity index (χ3v) is 3.68. The standard InChI is InChI=1S/C17H30N2O/c1-17(2,14-19(5)13-9-12-18(3)4)16(20)15-10-7-6-8-11-15/h6-8,10-11,16,20H,9,12-14H2,1-5H3. The summed E-state index contributed by atoms with van der Waals surface area (Å²) in [7, 11) is 6.33. The van der Waals surface area contributed by atoms with Gasteiger partial charge in [0, 0.05) is 12.0 Å². The fourth-order valence-electron chi connectivity index (χ4n) is 2.60. The second-order valence-corrected chi connectivity index (χ2v) is 6.70. The molecule has 0 aliphatic rings. The maximum absolute atomic E-state index is 10.6. The van der Waals surface area contributed by atoms with E-state index in [1.54, 1.807) is 0 Å².